The van der Waals surface area contributed by atoms with Crippen molar-refractivity contribution in [3.05, 3.63) is 66.6 Å². The second kappa shape index (κ2) is 8.87. The van der Waals surface area contributed by atoms with Crippen molar-refractivity contribution in [2.45, 2.75) is 6.54 Å². The van der Waals surface area contributed by atoms with Crippen molar-refractivity contribution in [3.8, 4) is 17.2 Å². The normalized spacial score (nSPS) is 10.7. The number of aromatic nitrogens is 1. The fraction of sp³-hybridized carbons (Fsp3) is 0.182. The third kappa shape index (κ3) is 4.08. The van der Waals surface area contributed by atoms with E-state index in [2.05, 4.69) is 4.98 Å². The van der Waals surface area contributed by atoms with Gasteiger partial charge in [-0.2, -0.15) is 0 Å². The summed E-state index contributed by atoms with van der Waals surface area (Å²) in [5, 5.41) is 0.505. The van der Waals surface area contributed by atoms with E-state index in [4.69, 9.17) is 18.6 Å². The van der Waals surface area contributed by atoms with E-state index in [0.29, 0.717) is 33.7 Å². The molecule has 0 N–H and O–H groups in total. The van der Waals surface area contributed by atoms with Gasteiger partial charge < -0.3 is 18.6 Å². The first-order valence-electron chi connectivity index (χ1n) is 9.21. The molecule has 0 saturated heterocycles. The van der Waals surface area contributed by atoms with Gasteiger partial charge in [-0.1, -0.05) is 29.5 Å². The van der Waals surface area contributed by atoms with Gasteiger partial charge >= 0.3 is 0 Å². The lowest BCUT2D eigenvalue weighted by molar-refractivity contribution is -0.120. The third-order valence-corrected chi connectivity index (χ3v) is 5.52. The zero-order valence-corrected chi connectivity index (χ0v) is 17.3. The van der Waals surface area contributed by atoms with Crippen LogP contribution in [0, 0.1) is 0 Å². The van der Waals surface area contributed by atoms with Gasteiger partial charge in [0.25, 0.3) is 5.91 Å². The molecule has 154 valence electrons. The van der Waals surface area contributed by atoms with Crippen LogP contribution in [0.4, 0.5) is 5.13 Å². The molecule has 0 aliphatic heterocycles. The van der Waals surface area contributed by atoms with E-state index in [0.717, 1.165) is 4.70 Å². The smallest absolute Gasteiger partial charge is 0.267 e. The number of nitrogens with zero attached hydrogens (tertiary/aromatic N) is 2. The van der Waals surface area contributed by atoms with Crippen LogP contribution in [0.15, 0.2) is 65.3 Å². The standard InChI is InChI=1S/C22H20N2O5S/c1-26-17-10-11-18(27-2)21-20(17)23-22(30-21)24(13-16-9-6-12-28-16)19(25)14-29-15-7-4-3-5-8-15/h3-12H,13-14H2,1-2H3. The summed E-state index contributed by atoms with van der Waals surface area (Å²) in [5.41, 5.74) is 0.637. The van der Waals surface area contributed by atoms with Crippen LogP contribution in [0.25, 0.3) is 10.2 Å². The summed E-state index contributed by atoms with van der Waals surface area (Å²) in [6, 6.07) is 16.4. The lowest BCUT2D eigenvalue weighted by Crippen LogP contribution is -2.34. The van der Waals surface area contributed by atoms with Crippen molar-refractivity contribution >= 4 is 32.6 Å². The Labute approximate surface area is 177 Å². The molecule has 4 rings (SSSR count). The number of methoxy groups -OCH3 is 2. The highest BCUT2D eigenvalue weighted by Crippen LogP contribution is 2.40. The zero-order chi connectivity index (χ0) is 20.9. The third-order valence-electron chi connectivity index (χ3n) is 4.43. The number of anilines is 1. The second-order valence-corrected chi connectivity index (χ2v) is 7.28. The molecule has 7 nitrogen and oxygen atoms in total. The Morgan fingerprint density at radius 2 is 1.80 bits per heavy atom. The lowest BCUT2D eigenvalue weighted by Gasteiger charge is -2.19. The van der Waals surface area contributed by atoms with Gasteiger partial charge in [-0.05, 0) is 36.4 Å². The topological polar surface area (TPSA) is 74.0 Å². The molecule has 2 aromatic heterocycles. The Balaban J connectivity index is 1.67. The van der Waals surface area contributed by atoms with Crippen LogP contribution >= 0.6 is 11.3 Å². The monoisotopic (exact) mass is 424 g/mol. The van der Waals surface area contributed by atoms with Gasteiger partial charge in [0.05, 0.1) is 27.0 Å². The van der Waals surface area contributed by atoms with Gasteiger partial charge in [0.1, 0.15) is 33.2 Å². The van der Waals surface area contributed by atoms with Crippen LogP contribution in [0.3, 0.4) is 0 Å². The number of hydrogen-bond donors (Lipinski definition) is 0. The molecule has 8 heteroatoms. The zero-order valence-electron chi connectivity index (χ0n) is 16.5. The molecule has 0 saturated carbocycles. The minimum absolute atomic E-state index is 0.130. The summed E-state index contributed by atoms with van der Waals surface area (Å²) < 4.78 is 22.8. The van der Waals surface area contributed by atoms with Crippen LogP contribution < -0.4 is 19.1 Å². The van der Waals surface area contributed by atoms with E-state index in [1.165, 1.54) is 11.3 Å². The Morgan fingerprint density at radius 1 is 1.03 bits per heavy atom. The molecule has 0 bridgehead atoms. The van der Waals surface area contributed by atoms with Gasteiger partial charge in [0.15, 0.2) is 11.7 Å². The minimum atomic E-state index is -0.243. The summed E-state index contributed by atoms with van der Waals surface area (Å²) >= 11 is 1.35. The van der Waals surface area contributed by atoms with Gasteiger partial charge in [0, 0.05) is 0 Å². The van der Waals surface area contributed by atoms with E-state index >= 15 is 0 Å². The van der Waals surface area contributed by atoms with Gasteiger partial charge in [-0.3, -0.25) is 9.69 Å². The number of furan rings is 1. The fourth-order valence-electron chi connectivity index (χ4n) is 2.95. The maximum absolute atomic E-state index is 13.1. The van der Waals surface area contributed by atoms with Crippen molar-refractivity contribution in [3.63, 3.8) is 0 Å². The highest BCUT2D eigenvalue weighted by Gasteiger charge is 2.24. The maximum Gasteiger partial charge on any atom is 0.267 e. The number of rotatable bonds is 8. The molecule has 4 aromatic rings. The summed E-state index contributed by atoms with van der Waals surface area (Å²) in [6.07, 6.45) is 1.57. The number of hydrogen-bond acceptors (Lipinski definition) is 7. The van der Waals surface area contributed by atoms with Crippen LogP contribution in [0.1, 0.15) is 5.76 Å². The number of carbonyl (C=O) groups excluding carboxylic acids is 1. The Kier molecular flexibility index (Phi) is 5.85. The van der Waals surface area contributed by atoms with Gasteiger partial charge in [-0.25, -0.2) is 4.98 Å². The Bertz CT molecular complexity index is 1080. The number of benzene rings is 2. The van der Waals surface area contributed by atoms with Crippen LogP contribution in [-0.4, -0.2) is 31.7 Å². The van der Waals surface area contributed by atoms with Crippen LogP contribution in [0.2, 0.25) is 0 Å². The van der Waals surface area contributed by atoms with E-state index in [-0.39, 0.29) is 19.1 Å². The lowest BCUT2D eigenvalue weighted by atomic mass is 10.3. The minimum Gasteiger partial charge on any atom is -0.495 e. The summed E-state index contributed by atoms with van der Waals surface area (Å²) in [6.45, 7) is 0.101. The van der Waals surface area contributed by atoms with Crippen molar-refractivity contribution in [2.75, 3.05) is 25.7 Å². The second-order valence-electron chi connectivity index (χ2n) is 6.31. The molecule has 0 fully saturated rings. The van der Waals surface area contributed by atoms with Crippen molar-refractivity contribution < 1.29 is 23.4 Å². The SMILES string of the molecule is COc1ccc(OC)c2sc(N(Cc3ccco3)C(=O)COc3ccccc3)nc12. The first-order valence-corrected chi connectivity index (χ1v) is 10.0. The number of amides is 1. The van der Waals surface area contributed by atoms with E-state index in [9.17, 15) is 4.79 Å². The number of thiazole rings is 1. The fourth-order valence-corrected chi connectivity index (χ4v) is 4.04. The van der Waals surface area contributed by atoms with Crippen molar-refractivity contribution in [1.29, 1.82) is 0 Å². The number of fused-ring (bicyclic) bond motifs is 1. The average Bonchev–Trinajstić information content (AvgIpc) is 3.45. The number of carbonyl (C=O) groups is 1. The number of para-hydroxylation sites is 1. The first-order chi connectivity index (χ1) is 14.7. The molecule has 30 heavy (non-hydrogen) atoms. The predicted octanol–water partition coefficient (Wildman–Crippen LogP) is 4.52. The maximum atomic E-state index is 13.1. The molecule has 0 aliphatic rings. The number of ether oxygens (including phenoxy) is 3. The Morgan fingerprint density at radius 3 is 2.50 bits per heavy atom. The van der Waals surface area contributed by atoms with Gasteiger partial charge in [-0.15, -0.1) is 0 Å². The van der Waals surface area contributed by atoms with Gasteiger partial charge in [0.2, 0.25) is 0 Å². The molecule has 2 aromatic carbocycles. The van der Waals surface area contributed by atoms with Crippen LogP contribution in [0.5, 0.6) is 17.2 Å². The largest absolute Gasteiger partial charge is 0.495 e. The molecule has 0 aliphatic carbocycles. The molecule has 2 heterocycles. The molecule has 0 atom stereocenters. The summed E-state index contributed by atoms with van der Waals surface area (Å²) in [7, 11) is 3.18. The van der Waals surface area contributed by atoms with Crippen molar-refractivity contribution in [2.24, 2.45) is 0 Å². The van der Waals surface area contributed by atoms with Crippen LogP contribution in [-0.2, 0) is 11.3 Å². The molecule has 0 spiro atoms. The average molecular weight is 424 g/mol. The summed E-state index contributed by atoms with van der Waals surface area (Å²) in [4.78, 5) is 19.3. The van der Waals surface area contributed by atoms with E-state index in [1.807, 2.05) is 30.3 Å². The van der Waals surface area contributed by atoms with E-state index in [1.54, 1.807) is 49.6 Å². The molecule has 1 amide bonds. The molecular weight excluding hydrogens is 404 g/mol. The molecular formula is C22H20N2O5S. The highest BCUT2D eigenvalue weighted by molar-refractivity contribution is 7.22. The Hall–Kier alpha value is -3.52. The predicted molar refractivity (Wildman–Crippen MR) is 115 cm³/mol. The summed E-state index contributed by atoms with van der Waals surface area (Å²) in [5.74, 6) is 2.30. The van der Waals surface area contributed by atoms with E-state index < -0.39 is 0 Å². The van der Waals surface area contributed by atoms with Crippen molar-refractivity contribution in [1.82, 2.24) is 4.98 Å². The first kappa shape index (κ1) is 19.8. The molecule has 0 unspecified atom stereocenters. The highest BCUT2D eigenvalue weighted by atomic mass is 32.1. The quantitative estimate of drug-likeness (QED) is 0.414. The molecule has 0 radical (unpaired) electrons.